The highest BCUT2D eigenvalue weighted by molar-refractivity contribution is 5.98. The number of rotatable bonds is 8. The largest absolute Gasteiger partial charge is 0.490 e. The van der Waals surface area contributed by atoms with Gasteiger partial charge in [0.15, 0.2) is 11.5 Å². The number of carbonyl (C=O) groups excluding carboxylic acids is 1. The van der Waals surface area contributed by atoms with Crippen molar-refractivity contribution in [3.63, 3.8) is 0 Å². The van der Waals surface area contributed by atoms with Crippen molar-refractivity contribution in [3.8, 4) is 11.5 Å². The first-order chi connectivity index (χ1) is 13.6. The van der Waals surface area contributed by atoms with E-state index in [0.717, 1.165) is 22.1 Å². The Morgan fingerprint density at radius 2 is 1.54 bits per heavy atom. The highest BCUT2D eigenvalue weighted by atomic mass is 16.5. The molecular weight excluding hydrogens is 352 g/mol. The van der Waals surface area contributed by atoms with Gasteiger partial charge in [-0.3, -0.25) is 4.79 Å². The van der Waals surface area contributed by atoms with Gasteiger partial charge in [0, 0.05) is 17.4 Å². The molecule has 0 unspecified atom stereocenters. The van der Waals surface area contributed by atoms with Gasteiger partial charge in [-0.2, -0.15) is 0 Å². The molecule has 5 nitrogen and oxygen atoms in total. The molecule has 0 fully saturated rings. The fourth-order valence-electron chi connectivity index (χ4n) is 2.97. The Morgan fingerprint density at radius 1 is 0.857 bits per heavy atom. The highest BCUT2D eigenvalue weighted by Crippen LogP contribution is 2.31. The van der Waals surface area contributed by atoms with Crippen LogP contribution in [0.3, 0.4) is 0 Å². The molecule has 3 aromatic carbocycles. The smallest absolute Gasteiger partial charge is 0.246 e. The molecule has 0 bridgehead atoms. The Morgan fingerprint density at radius 3 is 2.29 bits per heavy atom. The molecule has 3 aromatic rings. The van der Waals surface area contributed by atoms with Gasteiger partial charge in [-0.1, -0.05) is 30.3 Å². The van der Waals surface area contributed by atoms with Crippen LogP contribution in [0.2, 0.25) is 0 Å². The molecular formula is C23H26N2O3. The molecule has 1 amide bonds. The molecule has 1 atom stereocenters. The Labute approximate surface area is 165 Å². The summed E-state index contributed by atoms with van der Waals surface area (Å²) in [6.07, 6.45) is 0. The van der Waals surface area contributed by atoms with E-state index < -0.39 is 6.04 Å². The van der Waals surface area contributed by atoms with Crippen molar-refractivity contribution in [2.24, 2.45) is 0 Å². The maximum absolute atomic E-state index is 12.6. The lowest BCUT2D eigenvalue weighted by Crippen LogP contribution is -2.31. The first-order valence-electron chi connectivity index (χ1n) is 9.56. The van der Waals surface area contributed by atoms with Crippen molar-refractivity contribution in [3.05, 3.63) is 60.7 Å². The number of amides is 1. The quantitative estimate of drug-likeness (QED) is 0.574. The van der Waals surface area contributed by atoms with Crippen LogP contribution in [-0.4, -0.2) is 25.2 Å². The van der Waals surface area contributed by atoms with Crippen LogP contribution < -0.4 is 20.1 Å². The highest BCUT2D eigenvalue weighted by Gasteiger charge is 2.14. The van der Waals surface area contributed by atoms with Crippen LogP contribution in [0.4, 0.5) is 11.4 Å². The van der Waals surface area contributed by atoms with Gasteiger partial charge in [-0.15, -0.1) is 0 Å². The zero-order valence-corrected chi connectivity index (χ0v) is 16.5. The second kappa shape index (κ2) is 9.13. The zero-order chi connectivity index (χ0) is 19.9. The van der Waals surface area contributed by atoms with Crippen LogP contribution in [0.25, 0.3) is 10.8 Å². The van der Waals surface area contributed by atoms with Gasteiger partial charge in [0.25, 0.3) is 0 Å². The predicted octanol–water partition coefficient (Wildman–Crippen LogP) is 5.08. The van der Waals surface area contributed by atoms with E-state index in [1.54, 1.807) is 0 Å². The Balaban J connectivity index is 1.68. The molecule has 5 heteroatoms. The second-order valence-corrected chi connectivity index (χ2v) is 6.44. The molecule has 0 aliphatic rings. The van der Waals surface area contributed by atoms with Gasteiger partial charge in [0.05, 0.1) is 13.2 Å². The molecule has 0 aliphatic heterocycles. The number of benzene rings is 3. The minimum absolute atomic E-state index is 0.109. The van der Waals surface area contributed by atoms with Crippen LogP contribution >= 0.6 is 0 Å². The molecule has 3 rings (SSSR count). The number of nitrogens with one attached hydrogen (secondary N) is 2. The maximum Gasteiger partial charge on any atom is 0.246 e. The van der Waals surface area contributed by atoms with Gasteiger partial charge in [0.1, 0.15) is 6.04 Å². The average Bonchev–Trinajstić information content (AvgIpc) is 2.70. The monoisotopic (exact) mass is 378 g/mol. The van der Waals surface area contributed by atoms with Gasteiger partial charge in [-0.25, -0.2) is 0 Å². The molecule has 0 radical (unpaired) electrons. The topological polar surface area (TPSA) is 59.6 Å². The summed E-state index contributed by atoms with van der Waals surface area (Å²) in [5.74, 6) is 1.25. The van der Waals surface area contributed by atoms with Crippen LogP contribution in [0.1, 0.15) is 20.8 Å². The summed E-state index contributed by atoms with van der Waals surface area (Å²) in [4.78, 5) is 12.6. The van der Waals surface area contributed by atoms with E-state index in [2.05, 4.69) is 10.6 Å². The summed E-state index contributed by atoms with van der Waals surface area (Å²) >= 11 is 0. The summed E-state index contributed by atoms with van der Waals surface area (Å²) < 4.78 is 11.2. The molecule has 2 N–H and O–H groups in total. The lowest BCUT2D eigenvalue weighted by Gasteiger charge is -2.17. The van der Waals surface area contributed by atoms with Crippen molar-refractivity contribution in [2.45, 2.75) is 26.8 Å². The average molecular weight is 378 g/mol. The second-order valence-electron chi connectivity index (χ2n) is 6.44. The number of anilines is 2. The van der Waals surface area contributed by atoms with E-state index in [0.29, 0.717) is 24.7 Å². The number of hydrogen-bond acceptors (Lipinski definition) is 4. The summed E-state index contributed by atoms with van der Waals surface area (Å²) in [7, 11) is 0. The number of ether oxygens (including phenoxy) is 2. The van der Waals surface area contributed by atoms with Crippen molar-refractivity contribution < 1.29 is 14.3 Å². The predicted molar refractivity (Wildman–Crippen MR) is 114 cm³/mol. The lowest BCUT2D eigenvalue weighted by atomic mass is 10.1. The van der Waals surface area contributed by atoms with Gasteiger partial charge < -0.3 is 20.1 Å². The third-order valence-electron chi connectivity index (χ3n) is 4.34. The standard InChI is InChI=1S/C23H26N2O3/c1-4-27-21-13-12-20(15-22(21)28-5-2)24-16(3)23(26)25-19-11-10-17-8-6-7-9-18(17)14-19/h6-16,24H,4-5H2,1-3H3,(H,25,26)/t16-/m0/s1. The Bertz CT molecular complexity index is 955. The number of fused-ring (bicyclic) bond motifs is 1. The van der Waals surface area contributed by atoms with Crippen molar-refractivity contribution in [2.75, 3.05) is 23.8 Å². The fraction of sp³-hybridized carbons (Fsp3) is 0.261. The third-order valence-corrected chi connectivity index (χ3v) is 4.34. The maximum atomic E-state index is 12.6. The number of carbonyl (C=O) groups is 1. The molecule has 28 heavy (non-hydrogen) atoms. The van der Waals surface area contributed by atoms with Crippen molar-refractivity contribution in [1.82, 2.24) is 0 Å². The Hall–Kier alpha value is -3.21. The van der Waals surface area contributed by atoms with E-state index in [9.17, 15) is 4.79 Å². The molecule has 0 aliphatic carbocycles. The van der Waals surface area contributed by atoms with Crippen molar-refractivity contribution >= 4 is 28.1 Å². The van der Waals surface area contributed by atoms with Gasteiger partial charge in [-0.05, 0) is 55.8 Å². The Kier molecular flexibility index (Phi) is 6.37. The SMILES string of the molecule is CCOc1ccc(N[C@@H](C)C(=O)Nc2ccc3ccccc3c2)cc1OCC. The van der Waals surface area contributed by atoms with E-state index in [-0.39, 0.29) is 5.91 Å². The normalized spacial score (nSPS) is 11.7. The summed E-state index contributed by atoms with van der Waals surface area (Å²) in [5, 5.41) is 8.42. The van der Waals surface area contributed by atoms with Crippen LogP contribution in [-0.2, 0) is 4.79 Å². The van der Waals surface area contributed by atoms with E-state index in [1.165, 1.54) is 0 Å². The molecule has 0 saturated heterocycles. The minimum Gasteiger partial charge on any atom is -0.490 e. The molecule has 0 spiro atoms. The van der Waals surface area contributed by atoms with Crippen LogP contribution in [0, 0.1) is 0 Å². The van der Waals surface area contributed by atoms with Gasteiger partial charge >= 0.3 is 0 Å². The first-order valence-corrected chi connectivity index (χ1v) is 9.56. The fourth-order valence-corrected chi connectivity index (χ4v) is 2.97. The number of hydrogen-bond donors (Lipinski definition) is 2. The van der Waals surface area contributed by atoms with Crippen LogP contribution in [0.15, 0.2) is 60.7 Å². The summed E-state index contributed by atoms with van der Waals surface area (Å²) in [6, 6.07) is 19.1. The van der Waals surface area contributed by atoms with E-state index >= 15 is 0 Å². The minimum atomic E-state index is -0.418. The van der Waals surface area contributed by atoms with Crippen LogP contribution in [0.5, 0.6) is 11.5 Å². The lowest BCUT2D eigenvalue weighted by molar-refractivity contribution is -0.116. The molecule has 0 aromatic heterocycles. The van der Waals surface area contributed by atoms with Gasteiger partial charge in [0.2, 0.25) is 5.91 Å². The van der Waals surface area contributed by atoms with Crippen molar-refractivity contribution in [1.29, 1.82) is 0 Å². The summed E-state index contributed by atoms with van der Waals surface area (Å²) in [6.45, 7) is 6.79. The van der Waals surface area contributed by atoms with E-state index in [1.807, 2.05) is 81.4 Å². The summed E-state index contributed by atoms with van der Waals surface area (Å²) in [5.41, 5.74) is 1.58. The molecule has 0 saturated carbocycles. The zero-order valence-electron chi connectivity index (χ0n) is 16.5. The molecule has 0 heterocycles. The molecule has 146 valence electrons. The van der Waals surface area contributed by atoms with E-state index in [4.69, 9.17) is 9.47 Å². The first kappa shape index (κ1) is 19.5. The third kappa shape index (κ3) is 4.74.